The van der Waals surface area contributed by atoms with Crippen molar-refractivity contribution in [1.82, 2.24) is 20.4 Å². The van der Waals surface area contributed by atoms with Gasteiger partial charge in [0.15, 0.2) is 0 Å². The smallest absolute Gasteiger partial charge is 0.251 e. The molecule has 0 aliphatic carbocycles. The molecule has 0 saturated carbocycles. The Balaban J connectivity index is 1.46. The minimum Gasteiger partial charge on any atom is -0.352 e. The number of hydrogen-bond acceptors (Lipinski definition) is 5. The maximum absolute atomic E-state index is 11.9. The molecule has 0 unspecified atom stereocenters. The lowest BCUT2D eigenvalue weighted by atomic mass is 10.2. The molecule has 6 nitrogen and oxygen atoms in total. The second-order valence-corrected chi connectivity index (χ2v) is 4.97. The van der Waals surface area contributed by atoms with Gasteiger partial charge in [-0.2, -0.15) is 4.98 Å². The molecular formula is C17H16N4O2. The van der Waals surface area contributed by atoms with E-state index in [1.54, 1.807) is 24.5 Å². The molecule has 0 radical (unpaired) electrons. The van der Waals surface area contributed by atoms with Crippen LogP contribution in [0.4, 0.5) is 0 Å². The van der Waals surface area contributed by atoms with Crippen LogP contribution in [-0.4, -0.2) is 27.6 Å². The van der Waals surface area contributed by atoms with Crippen LogP contribution in [0.25, 0.3) is 11.4 Å². The number of pyridine rings is 1. The maximum Gasteiger partial charge on any atom is 0.251 e. The number of rotatable bonds is 6. The molecule has 1 aromatic carbocycles. The highest BCUT2D eigenvalue weighted by atomic mass is 16.5. The molecule has 0 fully saturated rings. The van der Waals surface area contributed by atoms with Crippen LogP contribution in [0.2, 0.25) is 0 Å². The van der Waals surface area contributed by atoms with E-state index in [2.05, 4.69) is 20.4 Å². The number of nitrogens with one attached hydrogen (secondary N) is 1. The number of carbonyl (C=O) groups is 1. The third kappa shape index (κ3) is 4.00. The van der Waals surface area contributed by atoms with Crippen molar-refractivity contribution < 1.29 is 9.32 Å². The first kappa shape index (κ1) is 14.9. The minimum absolute atomic E-state index is 0.108. The zero-order chi connectivity index (χ0) is 15.9. The fraction of sp³-hybridized carbons (Fsp3) is 0.176. The van der Waals surface area contributed by atoms with Gasteiger partial charge in [-0.25, -0.2) is 0 Å². The van der Waals surface area contributed by atoms with E-state index in [-0.39, 0.29) is 5.91 Å². The van der Waals surface area contributed by atoms with Gasteiger partial charge in [0.25, 0.3) is 5.91 Å². The molecule has 1 amide bonds. The Hall–Kier alpha value is -3.02. The lowest BCUT2D eigenvalue weighted by molar-refractivity contribution is 0.0953. The van der Waals surface area contributed by atoms with E-state index < -0.39 is 0 Å². The first-order chi connectivity index (χ1) is 11.3. The molecule has 0 spiro atoms. The average Bonchev–Trinajstić information content (AvgIpc) is 3.09. The van der Waals surface area contributed by atoms with E-state index in [9.17, 15) is 4.79 Å². The van der Waals surface area contributed by atoms with Crippen LogP contribution >= 0.6 is 0 Å². The molecule has 1 N–H and O–H groups in total. The van der Waals surface area contributed by atoms with Crippen LogP contribution in [0.3, 0.4) is 0 Å². The number of amides is 1. The highest BCUT2D eigenvalue weighted by Crippen LogP contribution is 2.15. The predicted octanol–water partition coefficient (Wildman–Crippen LogP) is 2.49. The van der Waals surface area contributed by atoms with Crippen molar-refractivity contribution in [3.8, 4) is 11.4 Å². The Kier molecular flexibility index (Phi) is 4.73. The number of hydrogen-bond donors (Lipinski definition) is 1. The Labute approximate surface area is 133 Å². The monoisotopic (exact) mass is 308 g/mol. The van der Waals surface area contributed by atoms with E-state index in [0.29, 0.717) is 30.2 Å². The average molecular weight is 308 g/mol. The second kappa shape index (κ2) is 7.31. The number of nitrogens with zero attached hydrogens (tertiary/aromatic N) is 3. The zero-order valence-electron chi connectivity index (χ0n) is 12.5. The van der Waals surface area contributed by atoms with Gasteiger partial charge in [0.05, 0.1) is 0 Å². The summed E-state index contributed by atoms with van der Waals surface area (Å²) in [5.41, 5.74) is 1.53. The molecule has 3 aromatic rings. The van der Waals surface area contributed by atoms with Crippen LogP contribution < -0.4 is 5.32 Å². The van der Waals surface area contributed by atoms with Crippen molar-refractivity contribution in [2.45, 2.75) is 12.8 Å². The molecule has 0 aliphatic rings. The summed E-state index contributed by atoms with van der Waals surface area (Å²) in [6, 6.07) is 13.0. The third-order valence-corrected chi connectivity index (χ3v) is 3.30. The molecule has 6 heteroatoms. The second-order valence-electron chi connectivity index (χ2n) is 4.97. The number of aryl methyl sites for hydroxylation is 1. The van der Waals surface area contributed by atoms with Gasteiger partial charge in [0, 0.05) is 36.5 Å². The zero-order valence-corrected chi connectivity index (χ0v) is 12.5. The molecule has 0 aliphatic heterocycles. The van der Waals surface area contributed by atoms with E-state index in [1.807, 2.05) is 30.3 Å². The Bertz CT molecular complexity index is 757. The summed E-state index contributed by atoms with van der Waals surface area (Å²) in [5, 5.41) is 6.82. The Morgan fingerprint density at radius 3 is 2.65 bits per heavy atom. The lowest BCUT2D eigenvalue weighted by Crippen LogP contribution is -2.24. The van der Waals surface area contributed by atoms with Gasteiger partial charge < -0.3 is 9.84 Å². The summed E-state index contributed by atoms with van der Waals surface area (Å²) >= 11 is 0. The van der Waals surface area contributed by atoms with Gasteiger partial charge >= 0.3 is 0 Å². The van der Waals surface area contributed by atoms with E-state index in [1.165, 1.54) is 0 Å². The van der Waals surface area contributed by atoms with Gasteiger partial charge in [0.2, 0.25) is 11.7 Å². The molecule has 116 valence electrons. The van der Waals surface area contributed by atoms with Crippen LogP contribution in [0, 0.1) is 0 Å². The van der Waals surface area contributed by atoms with Crippen molar-refractivity contribution in [3.63, 3.8) is 0 Å². The van der Waals surface area contributed by atoms with Gasteiger partial charge in [-0.1, -0.05) is 35.5 Å². The molecule has 23 heavy (non-hydrogen) atoms. The quantitative estimate of drug-likeness (QED) is 0.708. The third-order valence-electron chi connectivity index (χ3n) is 3.30. The summed E-state index contributed by atoms with van der Waals surface area (Å²) in [4.78, 5) is 20.1. The Morgan fingerprint density at radius 2 is 1.87 bits per heavy atom. The van der Waals surface area contributed by atoms with E-state index >= 15 is 0 Å². The molecule has 0 saturated heterocycles. The predicted molar refractivity (Wildman–Crippen MR) is 84.6 cm³/mol. The van der Waals surface area contributed by atoms with Crippen LogP contribution in [0.1, 0.15) is 22.7 Å². The summed E-state index contributed by atoms with van der Waals surface area (Å²) < 4.78 is 5.23. The molecule has 2 heterocycles. The van der Waals surface area contributed by atoms with Gasteiger partial charge in [-0.15, -0.1) is 0 Å². The summed E-state index contributed by atoms with van der Waals surface area (Å²) in [5.74, 6) is 1.05. The molecule has 0 bridgehead atoms. The standard InChI is InChI=1S/C17H16N4O2/c22-17(14-8-11-18-12-9-14)19-10-4-7-15-20-16(21-23-15)13-5-2-1-3-6-13/h1-3,5-6,8-9,11-12H,4,7,10H2,(H,19,22). The van der Waals surface area contributed by atoms with Crippen LogP contribution in [0.15, 0.2) is 59.4 Å². The largest absolute Gasteiger partial charge is 0.352 e. The first-order valence-electron chi connectivity index (χ1n) is 7.39. The summed E-state index contributed by atoms with van der Waals surface area (Å²) in [7, 11) is 0. The van der Waals surface area contributed by atoms with E-state index in [0.717, 1.165) is 12.0 Å². The Morgan fingerprint density at radius 1 is 1.09 bits per heavy atom. The molecular weight excluding hydrogens is 292 g/mol. The summed E-state index contributed by atoms with van der Waals surface area (Å²) in [6.07, 6.45) is 4.54. The van der Waals surface area contributed by atoms with Crippen molar-refractivity contribution in [2.75, 3.05) is 6.54 Å². The maximum atomic E-state index is 11.9. The lowest BCUT2D eigenvalue weighted by Gasteiger charge is -2.03. The number of carbonyl (C=O) groups excluding carboxylic acids is 1. The van der Waals surface area contributed by atoms with Gasteiger partial charge in [-0.05, 0) is 18.6 Å². The highest BCUT2D eigenvalue weighted by molar-refractivity contribution is 5.93. The van der Waals surface area contributed by atoms with Gasteiger partial charge in [0.1, 0.15) is 0 Å². The molecule has 0 atom stereocenters. The van der Waals surface area contributed by atoms with Crippen LogP contribution in [0.5, 0.6) is 0 Å². The minimum atomic E-state index is -0.108. The highest BCUT2D eigenvalue weighted by Gasteiger charge is 2.08. The topological polar surface area (TPSA) is 80.9 Å². The van der Waals surface area contributed by atoms with Crippen molar-refractivity contribution in [2.24, 2.45) is 0 Å². The van der Waals surface area contributed by atoms with Crippen molar-refractivity contribution in [3.05, 3.63) is 66.3 Å². The van der Waals surface area contributed by atoms with Crippen LogP contribution in [-0.2, 0) is 6.42 Å². The normalized spacial score (nSPS) is 10.4. The van der Waals surface area contributed by atoms with Crippen molar-refractivity contribution in [1.29, 1.82) is 0 Å². The molecule has 2 aromatic heterocycles. The van der Waals surface area contributed by atoms with E-state index in [4.69, 9.17) is 4.52 Å². The fourth-order valence-electron chi connectivity index (χ4n) is 2.11. The fourth-order valence-corrected chi connectivity index (χ4v) is 2.11. The number of benzene rings is 1. The van der Waals surface area contributed by atoms with Crippen molar-refractivity contribution >= 4 is 5.91 Å². The first-order valence-corrected chi connectivity index (χ1v) is 7.39. The van der Waals surface area contributed by atoms with Gasteiger partial charge in [-0.3, -0.25) is 9.78 Å². The SMILES string of the molecule is O=C(NCCCc1nc(-c2ccccc2)no1)c1ccncc1. The summed E-state index contributed by atoms with van der Waals surface area (Å²) in [6.45, 7) is 0.546. The number of aromatic nitrogens is 3. The molecule has 3 rings (SSSR count).